The number of aliphatic carboxylic acids is 1. The zero-order chi connectivity index (χ0) is 12.4. The molecule has 90 valence electrons. The van der Waals surface area contributed by atoms with Crippen molar-refractivity contribution in [2.75, 3.05) is 13.2 Å². The molecule has 0 radical (unpaired) electrons. The number of halogens is 1. The van der Waals surface area contributed by atoms with Crippen molar-refractivity contribution in [3.05, 3.63) is 22.2 Å². The minimum Gasteiger partial charge on any atom is -0.486 e. The molecule has 0 saturated heterocycles. The first-order valence-corrected chi connectivity index (χ1v) is 5.29. The highest BCUT2D eigenvalue weighted by atomic mass is 35.5. The Hall–Kier alpha value is -1.75. The summed E-state index contributed by atoms with van der Waals surface area (Å²) in [6.45, 7) is 0.625. The van der Waals surface area contributed by atoms with Crippen LogP contribution in [0.3, 0.4) is 0 Å². The zero-order valence-corrected chi connectivity index (χ0v) is 9.49. The smallest absolute Gasteiger partial charge is 0.308 e. The molecule has 1 aliphatic heterocycles. The van der Waals surface area contributed by atoms with E-state index in [1.165, 1.54) is 6.07 Å². The maximum absolute atomic E-state index is 10.9. The molecular formula is C11H9ClO5. The summed E-state index contributed by atoms with van der Waals surface area (Å²) in [7, 11) is 0. The van der Waals surface area contributed by atoms with Crippen molar-refractivity contribution in [3.8, 4) is 11.5 Å². The highest BCUT2D eigenvalue weighted by molar-refractivity contribution is 6.32. The van der Waals surface area contributed by atoms with Crippen molar-refractivity contribution in [3.63, 3.8) is 0 Å². The average molecular weight is 257 g/mol. The lowest BCUT2D eigenvalue weighted by atomic mass is 10.1. The van der Waals surface area contributed by atoms with E-state index in [4.69, 9.17) is 26.2 Å². The molecule has 1 N–H and O–H groups in total. The molecule has 1 heterocycles. The first kappa shape index (κ1) is 11.7. The van der Waals surface area contributed by atoms with Crippen molar-refractivity contribution in [2.24, 2.45) is 0 Å². The fourth-order valence-electron chi connectivity index (χ4n) is 1.66. The van der Waals surface area contributed by atoms with Crippen molar-refractivity contribution < 1.29 is 24.2 Å². The van der Waals surface area contributed by atoms with Crippen LogP contribution in [0.25, 0.3) is 0 Å². The van der Waals surface area contributed by atoms with Gasteiger partial charge < -0.3 is 14.6 Å². The summed E-state index contributed by atoms with van der Waals surface area (Å²) < 4.78 is 10.7. The summed E-state index contributed by atoms with van der Waals surface area (Å²) in [5.41, 5.74) is 0.596. The largest absolute Gasteiger partial charge is 0.486 e. The minimum absolute atomic E-state index is 0.193. The molecule has 0 bridgehead atoms. The van der Waals surface area contributed by atoms with Crippen LogP contribution in [0.1, 0.15) is 15.9 Å². The Labute approximate surface area is 102 Å². The number of carbonyl (C=O) groups excluding carboxylic acids is 1. The van der Waals surface area contributed by atoms with Crippen LogP contribution in [0.5, 0.6) is 11.5 Å². The second-order valence-corrected chi connectivity index (χ2v) is 3.88. The van der Waals surface area contributed by atoms with Gasteiger partial charge in [0.25, 0.3) is 0 Å². The van der Waals surface area contributed by atoms with E-state index in [0.29, 0.717) is 25.1 Å². The van der Waals surface area contributed by atoms with Gasteiger partial charge in [0.1, 0.15) is 13.2 Å². The van der Waals surface area contributed by atoms with Gasteiger partial charge in [-0.15, -0.1) is 0 Å². The molecule has 5 nitrogen and oxygen atoms in total. The van der Waals surface area contributed by atoms with E-state index < -0.39 is 5.97 Å². The van der Waals surface area contributed by atoms with Crippen LogP contribution in [0.4, 0.5) is 0 Å². The zero-order valence-electron chi connectivity index (χ0n) is 8.73. The van der Waals surface area contributed by atoms with Crippen molar-refractivity contribution in [1.82, 2.24) is 0 Å². The number of carbonyl (C=O) groups is 2. The number of aldehydes is 1. The van der Waals surface area contributed by atoms with Gasteiger partial charge in [-0.3, -0.25) is 9.59 Å². The van der Waals surface area contributed by atoms with E-state index in [0.717, 1.165) is 0 Å². The number of hydrogen-bond donors (Lipinski definition) is 1. The Kier molecular flexibility index (Phi) is 3.19. The number of rotatable bonds is 3. The Morgan fingerprint density at radius 3 is 2.65 bits per heavy atom. The van der Waals surface area contributed by atoms with E-state index in [1.54, 1.807) is 0 Å². The summed E-state index contributed by atoms with van der Waals surface area (Å²) in [6.07, 6.45) is 0.327. The van der Waals surface area contributed by atoms with Gasteiger partial charge >= 0.3 is 5.97 Å². The van der Waals surface area contributed by atoms with Gasteiger partial charge in [0.2, 0.25) is 0 Å². The van der Waals surface area contributed by atoms with Crippen molar-refractivity contribution >= 4 is 23.9 Å². The lowest BCUT2D eigenvalue weighted by molar-refractivity contribution is -0.136. The first-order valence-electron chi connectivity index (χ1n) is 4.91. The molecule has 17 heavy (non-hydrogen) atoms. The summed E-state index contributed by atoms with van der Waals surface area (Å²) >= 11 is 5.93. The third kappa shape index (κ3) is 2.19. The number of hydrogen-bond acceptors (Lipinski definition) is 4. The predicted octanol–water partition coefficient (Wildman–Crippen LogP) is 1.55. The Morgan fingerprint density at radius 1 is 1.41 bits per heavy atom. The van der Waals surface area contributed by atoms with Crippen LogP contribution in [0, 0.1) is 0 Å². The Morgan fingerprint density at radius 2 is 2.06 bits per heavy atom. The molecule has 6 heteroatoms. The van der Waals surface area contributed by atoms with Gasteiger partial charge in [-0.25, -0.2) is 0 Å². The number of carboxylic acids is 1. The summed E-state index contributed by atoms with van der Waals surface area (Å²) in [6, 6.07) is 1.39. The van der Waals surface area contributed by atoms with Gasteiger partial charge in [-0.05, 0) is 6.07 Å². The van der Waals surface area contributed by atoms with E-state index in [1.807, 2.05) is 0 Å². The molecule has 0 aliphatic carbocycles. The first-order chi connectivity index (χ1) is 8.13. The van der Waals surface area contributed by atoms with Crippen LogP contribution < -0.4 is 9.47 Å². The maximum atomic E-state index is 10.9. The van der Waals surface area contributed by atoms with Crippen molar-refractivity contribution in [1.29, 1.82) is 0 Å². The van der Waals surface area contributed by atoms with Crippen LogP contribution in [0.2, 0.25) is 5.02 Å². The SMILES string of the molecule is O=Cc1cc(Cl)c(CC(=O)O)c2c1OCCO2. The normalized spacial score (nSPS) is 13.2. The summed E-state index contributed by atoms with van der Waals surface area (Å²) in [4.78, 5) is 21.6. The average Bonchev–Trinajstić information content (AvgIpc) is 2.32. The molecule has 0 atom stereocenters. The quantitative estimate of drug-likeness (QED) is 0.831. The Bertz CT molecular complexity index is 483. The number of fused-ring (bicyclic) bond motifs is 1. The summed E-state index contributed by atoms with van der Waals surface area (Å²) in [5, 5.41) is 8.99. The molecule has 0 unspecified atom stereocenters. The van der Waals surface area contributed by atoms with Gasteiger partial charge in [0, 0.05) is 10.6 Å². The molecule has 2 rings (SSSR count). The molecular weight excluding hydrogens is 248 g/mol. The second-order valence-electron chi connectivity index (χ2n) is 3.47. The van der Waals surface area contributed by atoms with Gasteiger partial charge in [0.15, 0.2) is 17.8 Å². The maximum Gasteiger partial charge on any atom is 0.308 e. The Balaban J connectivity index is 2.58. The van der Waals surface area contributed by atoms with Crippen molar-refractivity contribution in [2.45, 2.75) is 6.42 Å². The molecule has 0 amide bonds. The molecule has 1 aromatic carbocycles. The van der Waals surface area contributed by atoms with Gasteiger partial charge in [-0.1, -0.05) is 11.6 Å². The molecule has 0 aromatic heterocycles. The highest BCUT2D eigenvalue weighted by Gasteiger charge is 2.24. The van der Waals surface area contributed by atoms with Crippen LogP contribution in [-0.2, 0) is 11.2 Å². The fourth-order valence-corrected chi connectivity index (χ4v) is 1.93. The second kappa shape index (κ2) is 4.63. The standard InChI is InChI=1S/C11H9ClO5/c12-8-3-6(5-13)10-11(17-2-1-16-10)7(8)4-9(14)15/h3,5H,1-2,4H2,(H,14,15). The summed E-state index contributed by atoms with van der Waals surface area (Å²) in [5.74, 6) is -0.498. The number of ether oxygens (including phenoxy) is 2. The third-order valence-corrected chi connectivity index (χ3v) is 2.68. The van der Waals surface area contributed by atoms with Crippen LogP contribution in [0.15, 0.2) is 6.07 Å². The van der Waals surface area contributed by atoms with E-state index in [-0.39, 0.29) is 28.5 Å². The number of carboxylic acid groups (broad SMARTS) is 1. The molecule has 0 saturated carbocycles. The van der Waals surface area contributed by atoms with Gasteiger partial charge in [-0.2, -0.15) is 0 Å². The molecule has 0 spiro atoms. The van der Waals surface area contributed by atoms with Crippen LogP contribution >= 0.6 is 11.6 Å². The monoisotopic (exact) mass is 256 g/mol. The lowest BCUT2D eigenvalue weighted by Gasteiger charge is -2.22. The van der Waals surface area contributed by atoms with E-state index >= 15 is 0 Å². The molecule has 1 aromatic rings. The topological polar surface area (TPSA) is 72.8 Å². The van der Waals surface area contributed by atoms with Crippen LogP contribution in [-0.4, -0.2) is 30.6 Å². The molecule has 1 aliphatic rings. The molecule has 0 fully saturated rings. The lowest BCUT2D eigenvalue weighted by Crippen LogP contribution is -2.19. The van der Waals surface area contributed by atoms with Gasteiger partial charge in [0.05, 0.1) is 12.0 Å². The predicted molar refractivity (Wildman–Crippen MR) is 59.2 cm³/mol. The number of benzene rings is 1. The van der Waals surface area contributed by atoms with E-state index in [9.17, 15) is 9.59 Å². The third-order valence-electron chi connectivity index (χ3n) is 2.34. The highest BCUT2D eigenvalue weighted by Crippen LogP contribution is 2.40. The van der Waals surface area contributed by atoms with E-state index in [2.05, 4.69) is 0 Å². The fraction of sp³-hybridized carbons (Fsp3) is 0.273. The minimum atomic E-state index is -1.03.